The molecule has 0 aliphatic heterocycles. The summed E-state index contributed by atoms with van der Waals surface area (Å²) in [5.41, 5.74) is -0.00227. The Bertz CT molecular complexity index is 4680. The van der Waals surface area contributed by atoms with E-state index in [-0.39, 0.29) is 28.1 Å². The van der Waals surface area contributed by atoms with Crippen LogP contribution in [0, 0.1) is 0 Å². The van der Waals surface area contributed by atoms with Gasteiger partial charge in [0.15, 0.2) is 11.6 Å². The second-order valence-corrected chi connectivity index (χ2v) is 12.8. The molecule has 0 radical (unpaired) electrons. The number of hydrogen-bond donors (Lipinski definition) is 0. The molecule has 0 saturated heterocycles. The fraction of sp³-hybridized carbons (Fsp3) is 0. The van der Waals surface area contributed by atoms with E-state index >= 15 is 0 Å². The molecule has 0 atom stereocenters. The van der Waals surface area contributed by atoms with Crippen LogP contribution in [0.25, 0.3) is 110 Å². The summed E-state index contributed by atoms with van der Waals surface area (Å²) in [4.78, 5) is 14.3. The predicted octanol–water partition coefficient (Wildman–Crippen LogP) is 12.9. The first-order chi connectivity index (χ1) is 36.5. The maximum atomic E-state index is 10.0. The average molecular weight is 735 g/mol. The van der Waals surface area contributed by atoms with Gasteiger partial charge in [-0.1, -0.05) is 157 Å². The zero-order chi connectivity index (χ0) is 55.0. The van der Waals surface area contributed by atoms with Crippen LogP contribution in [-0.4, -0.2) is 24.1 Å². The zero-order valence-electron chi connectivity index (χ0n) is 49.5. The third kappa shape index (κ3) is 4.46. The Morgan fingerprint density at radius 2 is 0.839 bits per heavy atom. The van der Waals surface area contributed by atoms with Gasteiger partial charge in [0.1, 0.15) is 0 Å². The summed E-state index contributed by atoms with van der Waals surface area (Å²) in [5.74, 6) is -1.58. The van der Waals surface area contributed by atoms with Crippen LogP contribution in [0.2, 0.25) is 0 Å². The molecule has 9 aromatic carbocycles. The van der Waals surface area contributed by atoms with Crippen molar-refractivity contribution in [2.24, 2.45) is 0 Å². The fourth-order valence-electron chi connectivity index (χ4n) is 7.61. The van der Waals surface area contributed by atoms with Gasteiger partial charge >= 0.3 is 0 Å². The second kappa shape index (κ2) is 11.9. The minimum atomic E-state index is -0.813. The zero-order valence-corrected chi connectivity index (χ0v) is 28.5. The molecule has 0 aliphatic carbocycles. The van der Waals surface area contributed by atoms with Crippen LogP contribution in [0.15, 0.2) is 188 Å². The Kier molecular flexibility index (Phi) is 3.58. The fourth-order valence-corrected chi connectivity index (χ4v) is 7.61. The number of benzene rings is 9. The minimum Gasteiger partial charge on any atom is -0.307 e. The van der Waals surface area contributed by atoms with Gasteiger partial charge in [0.25, 0.3) is 0 Å². The Morgan fingerprint density at radius 1 is 0.357 bits per heavy atom. The third-order valence-electron chi connectivity index (χ3n) is 9.89. The molecule has 0 saturated carbocycles. The lowest BCUT2D eigenvalue weighted by Gasteiger charge is -2.14. The van der Waals surface area contributed by atoms with Crippen molar-refractivity contribution in [2.45, 2.75) is 0 Å². The molecule has 3 heterocycles. The topological polar surface area (TPSA) is 48.5 Å². The van der Waals surface area contributed by atoms with Crippen molar-refractivity contribution in [3.8, 4) is 34.4 Å². The molecule has 260 valence electrons. The van der Waals surface area contributed by atoms with Crippen molar-refractivity contribution in [1.82, 2.24) is 24.1 Å². The number of nitrogens with zero attached hydrogens (tertiary/aromatic N) is 5. The van der Waals surface area contributed by atoms with E-state index in [1.807, 2.05) is 6.07 Å². The van der Waals surface area contributed by atoms with E-state index in [4.69, 9.17) is 30.5 Å². The monoisotopic (exact) mass is 734 g/mol. The van der Waals surface area contributed by atoms with Crippen LogP contribution < -0.4 is 0 Å². The van der Waals surface area contributed by atoms with Gasteiger partial charge in [-0.15, -0.1) is 0 Å². The second-order valence-electron chi connectivity index (χ2n) is 12.8. The van der Waals surface area contributed by atoms with Crippen LogP contribution in [0.5, 0.6) is 0 Å². The van der Waals surface area contributed by atoms with E-state index in [0.29, 0.717) is 32.6 Å². The van der Waals surface area contributed by atoms with E-state index in [2.05, 4.69) is 4.98 Å². The predicted molar refractivity (Wildman–Crippen MR) is 232 cm³/mol. The minimum absolute atomic E-state index is 0.206. The van der Waals surface area contributed by atoms with E-state index in [0.717, 1.165) is 0 Å². The highest BCUT2D eigenvalue weighted by Gasteiger charge is 2.23. The lowest BCUT2D eigenvalue weighted by molar-refractivity contribution is 0.953. The highest BCUT2D eigenvalue weighted by atomic mass is 15.2. The quantitative estimate of drug-likeness (QED) is 0.169. The van der Waals surface area contributed by atoms with E-state index in [1.54, 1.807) is 54.6 Å². The molecule has 0 fully saturated rings. The van der Waals surface area contributed by atoms with E-state index < -0.39 is 177 Å². The summed E-state index contributed by atoms with van der Waals surface area (Å²) in [5, 5.41) is -0.263. The van der Waals surface area contributed by atoms with Crippen LogP contribution in [-0.2, 0) is 0 Å². The van der Waals surface area contributed by atoms with Crippen LogP contribution in [0.1, 0.15) is 28.8 Å². The van der Waals surface area contributed by atoms with E-state index in [1.165, 1.54) is 9.13 Å². The van der Waals surface area contributed by atoms with Crippen molar-refractivity contribution >= 4 is 75.9 Å². The van der Waals surface area contributed by atoms with Gasteiger partial charge in [-0.3, -0.25) is 4.57 Å². The maximum Gasteiger partial charge on any atom is 0.238 e. The Labute approximate surface area is 350 Å². The standard InChI is InChI=1S/C51H31N5/c1-3-15-32(16-4-1)49-52-50(33-27-28-39-37-21-8-7-19-35(37)36-20-9-10-22-38(36)44(39)31-33)54-51(53-49)56-46-26-14-12-24-41(46)43-30-29-42-40-23-11-13-25-45(40)55(47(42)48(43)56)34-17-5-2-6-18-34/h1-31H/i1D,2D,3D,4D,5D,6D,7D,8D,9D,10D,15D,16D,17D,18D,19D,20D,21D,22D,27D,28D,31D. The molecule has 0 N–H and O–H groups in total. The lowest BCUT2D eigenvalue weighted by Crippen LogP contribution is -2.07. The Morgan fingerprint density at radius 3 is 1.46 bits per heavy atom. The molecule has 12 aromatic rings. The first-order valence-corrected chi connectivity index (χ1v) is 17.2. The molecular formula is C51H31N5. The number of rotatable bonds is 4. The van der Waals surface area contributed by atoms with Gasteiger partial charge in [-0.2, -0.15) is 9.97 Å². The summed E-state index contributed by atoms with van der Waals surface area (Å²) in [7, 11) is 0. The Balaban J connectivity index is 1.31. The Hall–Kier alpha value is -7.63. The summed E-state index contributed by atoms with van der Waals surface area (Å²) < 4.78 is 191. The van der Waals surface area contributed by atoms with Gasteiger partial charge in [0, 0.05) is 38.4 Å². The lowest BCUT2D eigenvalue weighted by atomic mass is 9.93. The van der Waals surface area contributed by atoms with Crippen molar-refractivity contribution < 1.29 is 28.8 Å². The molecule has 3 aromatic heterocycles. The normalized spacial score (nSPS) is 17.2. The number of aromatic nitrogens is 5. The van der Waals surface area contributed by atoms with Crippen LogP contribution >= 0.6 is 0 Å². The van der Waals surface area contributed by atoms with Gasteiger partial charge < -0.3 is 4.57 Å². The SMILES string of the molecule is [2H]c1c([2H])c([2H])c(-c2nc(-c3c([2H])c([2H])c4c5c([2H])c([2H])c([2H])c([2H])c5c5c([2H])c([2H])c([2H])c([2H])c5c4c3[2H])nc(-n3c4ccccc4c4ccc5c6ccccc6n(-c6c([2H])c([2H])c([2H])c([2H])c6[2H])c5c43)n2)c([2H])c1[2H]. The molecular weight excluding hydrogens is 683 g/mol. The van der Waals surface area contributed by atoms with Crippen molar-refractivity contribution in [2.75, 3.05) is 0 Å². The molecule has 12 rings (SSSR count). The summed E-state index contributed by atoms with van der Waals surface area (Å²) in [6.07, 6.45) is 0. The highest BCUT2D eigenvalue weighted by Crippen LogP contribution is 2.42. The molecule has 56 heavy (non-hydrogen) atoms. The molecule has 0 bridgehead atoms. The number of hydrogen-bond acceptors (Lipinski definition) is 3. The average Bonchev–Trinajstić information content (AvgIpc) is 3.98. The molecule has 0 aliphatic rings. The summed E-state index contributed by atoms with van der Waals surface area (Å²) in [6.45, 7) is 0. The summed E-state index contributed by atoms with van der Waals surface area (Å²) in [6, 6.07) is 2.57. The number of para-hydroxylation sites is 3. The third-order valence-corrected chi connectivity index (χ3v) is 9.89. The highest BCUT2D eigenvalue weighted by molar-refractivity contribution is 6.26. The largest absolute Gasteiger partial charge is 0.307 e. The molecule has 5 heteroatoms. The van der Waals surface area contributed by atoms with E-state index in [9.17, 15) is 8.22 Å². The smallest absolute Gasteiger partial charge is 0.238 e. The molecule has 0 spiro atoms. The molecule has 0 unspecified atom stereocenters. The van der Waals surface area contributed by atoms with Gasteiger partial charge in [0.05, 0.1) is 50.9 Å². The maximum absolute atomic E-state index is 10.0. The first kappa shape index (κ1) is 16.8. The van der Waals surface area contributed by atoms with Gasteiger partial charge in [-0.05, 0) is 62.6 Å². The molecule has 5 nitrogen and oxygen atoms in total. The van der Waals surface area contributed by atoms with Gasteiger partial charge in [-0.25, -0.2) is 4.98 Å². The van der Waals surface area contributed by atoms with Crippen LogP contribution in [0.4, 0.5) is 0 Å². The van der Waals surface area contributed by atoms with Crippen molar-refractivity contribution in [3.63, 3.8) is 0 Å². The summed E-state index contributed by atoms with van der Waals surface area (Å²) >= 11 is 0. The van der Waals surface area contributed by atoms with Crippen LogP contribution in [0.3, 0.4) is 0 Å². The number of fused-ring (bicyclic) bond motifs is 13. The first-order valence-electron chi connectivity index (χ1n) is 27.7. The molecule has 0 amide bonds. The van der Waals surface area contributed by atoms with Crippen molar-refractivity contribution in [1.29, 1.82) is 0 Å². The van der Waals surface area contributed by atoms with Gasteiger partial charge in [0.2, 0.25) is 5.95 Å². The van der Waals surface area contributed by atoms with Crippen molar-refractivity contribution in [3.05, 3.63) is 188 Å².